The van der Waals surface area contributed by atoms with Crippen molar-refractivity contribution in [3.8, 4) is 5.75 Å². The molecule has 1 fully saturated rings. The maximum atomic E-state index is 12.4. The lowest BCUT2D eigenvalue weighted by Crippen LogP contribution is -2.50. The molecule has 2 rings (SSSR count). The van der Waals surface area contributed by atoms with Crippen molar-refractivity contribution in [1.82, 2.24) is 10.6 Å². The van der Waals surface area contributed by atoms with Crippen molar-refractivity contribution < 1.29 is 29.0 Å². The molecule has 1 aliphatic rings. The third kappa shape index (κ3) is 4.96. The first-order chi connectivity index (χ1) is 12.7. The molecule has 27 heavy (non-hydrogen) atoms. The van der Waals surface area contributed by atoms with Crippen LogP contribution in [0.15, 0.2) is 24.3 Å². The van der Waals surface area contributed by atoms with E-state index in [1.807, 2.05) is 0 Å². The molecule has 1 aromatic rings. The van der Waals surface area contributed by atoms with Gasteiger partial charge in [-0.2, -0.15) is 0 Å². The average molecular weight is 377 g/mol. The van der Waals surface area contributed by atoms with E-state index >= 15 is 0 Å². The monoisotopic (exact) mass is 377 g/mol. The van der Waals surface area contributed by atoms with E-state index < -0.39 is 35.8 Å². The van der Waals surface area contributed by atoms with Crippen molar-refractivity contribution in [3.05, 3.63) is 24.3 Å². The number of nitrogens with one attached hydrogen (secondary N) is 2. The topological polar surface area (TPSA) is 125 Å². The molecule has 0 aliphatic carbocycles. The highest BCUT2D eigenvalue weighted by Gasteiger charge is 2.36. The summed E-state index contributed by atoms with van der Waals surface area (Å²) in [6, 6.07) is 4.96. The van der Waals surface area contributed by atoms with Gasteiger partial charge in [-0.05, 0) is 38.1 Å². The number of hydrogen-bond donors (Lipinski definition) is 3. The van der Waals surface area contributed by atoms with Crippen LogP contribution in [0.4, 0.5) is 5.69 Å². The van der Waals surface area contributed by atoms with Gasteiger partial charge >= 0.3 is 5.97 Å². The lowest BCUT2D eigenvalue weighted by molar-refractivity contribution is -0.141. The van der Waals surface area contributed by atoms with Gasteiger partial charge in [0.2, 0.25) is 17.7 Å². The molecule has 3 N–H and O–H groups in total. The van der Waals surface area contributed by atoms with Crippen LogP contribution in [-0.4, -0.2) is 54.5 Å². The molecule has 0 unspecified atom stereocenters. The summed E-state index contributed by atoms with van der Waals surface area (Å²) in [7, 11) is 1.55. The first-order valence-electron chi connectivity index (χ1n) is 8.51. The van der Waals surface area contributed by atoms with E-state index in [0.29, 0.717) is 11.4 Å². The van der Waals surface area contributed by atoms with Crippen molar-refractivity contribution in [1.29, 1.82) is 0 Å². The zero-order valence-corrected chi connectivity index (χ0v) is 15.4. The highest BCUT2D eigenvalue weighted by atomic mass is 16.5. The number of carbonyl (C=O) groups excluding carboxylic acids is 3. The molecule has 0 radical (unpaired) electrons. The highest BCUT2D eigenvalue weighted by Crippen LogP contribution is 2.26. The molecule has 1 saturated heterocycles. The molecule has 0 aromatic heterocycles. The van der Waals surface area contributed by atoms with Gasteiger partial charge in [-0.15, -0.1) is 0 Å². The summed E-state index contributed by atoms with van der Waals surface area (Å²) >= 11 is 0. The van der Waals surface area contributed by atoms with E-state index in [2.05, 4.69) is 10.6 Å². The van der Waals surface area contributed by atoms with Crippen LogP contribution in [0.25, 0.3) is 0 Å². The molecule has 0 spiro atoms. The molecule has 1 heterocycles. The van der Waals surface area contributed by atoms with E-state index in [1.165, 1.54) is 18.7 Å². The standard InChI is InChI=1S/C18H23N3O6/c1-10(16(23)20-11(2)18(25)26)19-17(24)12-8-15(22)21(9-12)13-4-6-14(27-3)7-5-13/h4-7,10-12H,8-9H2,1-3H3,(H,19,24)(H,20,23)(H,25,26)/t10-,11-,12+/m0/s1. The summed E-state index contributed by atoms with van der Waals surface area (Å²) in [4.78, 5) is 48.9. The Kier molecular flexibility index (Phi) is 6.38. The molecule has 146 valence electrons. The lowest BCUT2D eigenvalue weighted by Gasteiger charge is -2.19. The molecule has 9 heteroatoms. The molecular formula is C18H23N3O6. The number of methoxy groups -OCH3 is 1. The Morgan fingerprint density at radius 1 is 1.15 bits per heavy atom. The summed E-state index contributed by atoms with van der Waals surface area (Å²) in [6.07, 6.45) is 0.0394. The minimum Gasteiger partial charge on any atom is -0.497 e. The minimum absolute atomic E-state index is 0.0394. The number of rotatable bonds is 7. The fourth-order valence-electron chi connectivity index (χ4n) is 2.69. The van der Waals surface area contributed by atoms with Crippen LogP contribution in [0.5, 0.6) is 5.75 Å². The van der Waals surface area contributed by atoms with Gasteiger partial charge in [0.25, 0.3) is 0 Å². The van der Waals surface area contributed by atoms with Gasteiger partial charge in [0.05, 0.1) is 13.0 Å². The van der Waals surface area contributed by atoms with E-state index in [9.17, 15) is 19.2 Å². The van der Waals surface area contributed by atoms with Gasteiger partial charge in [-0.25, -0.2) is 0 Å². The molecule has 0 bridgehead atoms. The van der Waals surface area contributed by atoms with Gasteiger partial charge in [0, 0.05) is 18.7 Å². The zero-order chi connectivity index (χ0) is 20.1. The Hall–Kier alpha value is -3.10. The second kappa shape index (κ2) is 8.52. The largest absolute Gasteiger partial charge is 0.497 e. The van der Waals surface area contributed by atoms with Crippen molar-refractivity contribution >= 4 is 29.4 Å². The second-order valence-electron chi connectivity index (χ2n) is 6.40. The average Bonchev–Trinajstić information content (AvgIpc) is 3.03. The summed E-state index contributed by atoms with van der Waals surface area (Å²) < 4.78 is 5.08. The van der Waals surface area contributed by atoms with E-state index in [1.54, 1.807) is 31.4 Å². The number of amides is 3. The number of aliphatic carboxylic acids is 1. The Labute approximate surface area is 156 Å². The Balaban J connectivity index is 1.94. The number of nitrogens with zero attached hydrogens (tertiary/aromatic N) is 1. The number of carbonyl (C=O) groups is 4. The van der Waals surface area contributed by atoms with Crippen molar-refractivity contribution in [2.75, 3.05) is 18.6 Å². The molecule has 0 saturated carbocycles. The number of carboxylic acids is 1. The molecular weight excluding hydrogens is 354 g/mol. The Bertz CT molecular complexity index is 733. The molecule has 9 nitrogen and oxygen atoms in total. The zero-order valence-electron chi connectivity index (χ0n) is 15.4. The number of benzene rings is 1. The van der Waals surface area contributed by atoms with Crippen molar-refractivity contribution in [2.24, 2.45) is 5.92 Å². The predicted molar refractivity (Wildman–Crippen MR) is 96.3 cm³/mol. The van der Waals surface area contributed by atoms with Gasteiger partial charge in [-0.1, -0.05) is 0 Å². The molecule has 1 aromatic carbocycles. The van der Waals surface area contributed by atoms with Crippen molar-refractivity contribution in [2.45, 2.75) is 32.4 Å². The summed E-state index contributed by atoms with van der Waals surface area (Å²) in [6.45, 7) is 2.99. The maximum absolute atomic E-state index is 12.4. The van der Waals surface area contributed by atoms with Gasteiger partial charge in [0.15, 0.2) is 0 Å². The number of hydrogen-bond acceptors (Lipinski definition) is 5. The second-order valence-corrected chi connectivity index (χ2v) is 6.40. The van der Waals surface area contributed by atoms with Crippen LogP contribution in [0.3, 0.4) is 0 Å². The Morgan fingerprint density at radius 2 is 1.78 bits per heavy atom. The highest BCUT2D eigenvalue weighted by molar-refractivity contribution is 6.01. The molecule has 3 atom stereocenters. The third-order valence-electron chi connectivity index (χ3n) is 4.36. The van der Waals surface area contributed by atoms with Crippen LogP contribution in [0.1, 0.15) is 20.3 Å². The molecule has 1 aliphatic heterocycles. The number of ether oxygens (including phenoxy) is 1. The minimum atomic E-state index is -1.17. The Morgan fingerprint density at radius 3 is 2.33 bits per heavy atom. The quantitative estimate of drug-likeness (QED) is 0.621. The first-order valence-corrected chi connectivity index (χ1v) is 8.51. The smallest absolute Gasteiger partial charge is 0.325 e. The van der Waals surface area contributed by atoms with Gasteiger partial charge in [-0.3, -0.25) is 19.2 Å². The third-order valence-corrected chi connectivity index (χ3v) is 4.36. The maximum Gasteiger partial charge on any atom is 0.325 e. The van der Waals surface area contributed by atoms with Gasteiger partial charge in [0.1, 0.15) is 17.8 Å². The fourth-order valence-corrected chi connectivity index (χ4v) is 2.69. The number of anilines is 1. The van der Waals surface area contributed by atoms with E-state index in [4.69, 9.17) is 9.84 Å². The van der Waals surface area contributed by atoms with Crippen molar-refractivity contribution in [3.63, 3.8) is 0 Å². The summed E-state index contributed by atoms with van der Waals surface area (Å²) in [5.41, 5.74) is 0.664. The van der Waals surface area contributed by atoms with Crippen LogP contribution in [0, 0.1) is 5.92 Å². The van der Waals surface area contributed by atoms with Gasteiger partial charge < -0.3 is 25.4 Å². The van der Waals surface area contributed by atoms with Crippen LogP contribution < -0.4 is 20.3 Å². The normalized spacial score (nSPS) is 18.6. The van der Waals surface area contributed by atoms with Crippen LogP contribution >= 0.6 is 0 Å². The van der Waals surface area contributed by atoms with E-state index in [0.717, 1.165) is 0 Å². The summed E-state index contributed by atoms with van der Waals surface area (Å²) in [5, 5.41) is 13.6. The number of carboxylic acid groups (broad SMARTS) is 1. The van der Waals surface area contributed by atoms with E-state index in [-0.39, 0.29) is 18.9 Å². The molecule has 3 amide bonds. The van der Waals surface area contributed by atoms with Crippen LogP contribution in [-0.2, 0) is 19.2 Å². The first kappa shape index (κ1) is 20.2. The lowest BCUT2D eigenvalue weighted by atomic mass is 10.1. The fraction of sp³-hybridized carbons (Fsp3) is 0.444. The summed E-state index contributed by atoms with van der Waals surface area (Å²) in [5.74, 6) is -2.31. The van der Waals surface area contributed by atoms with Crippen LogP contribution in [0.2, 0.25) is 0 Å². The SMILES string of the molecule is COc1ccc(N2C[C@H](C(=O)N[C@@H](C)C(=O)N[C@@H](C)C(=O)O)CC2=O)cc1. The predicted octanol–water partition coefficient (Wildman–Crippen LogP) is 0.142.